The molecule has 2 rings (SSSR count). The third-order valence-corrected chi connectivity index (χ3v) is 6.20. The van der Waals surface area contributed by atoms with Crippen LogP contribution in [0.15, 0.2) is 0 Å². The Labute approximate surface area is 181 Å². The molecule has 0 aromatic rings. The van der Waals surface area contributed by atoms with Crippen LogP contribution in [0, 0.1) is 40.7 Å². The lowest BCUT2D eigenvalue weighted by atomic mass is 9.75. The first-order valence-electron chi connectivity index (χ1n) is 10.9. The van der Waals surface area contributed by atoms with Crippen LogP contribution in [0.3, 0.4) is 0 Å². The summed E-state index contributed by atoms with van der Waals surface area (Å²) in [7, 11) is -4.67. The minimum atomic E-state index is -4.67. The maximum absolute atomic E-state index is 10.5. The Morgan fingerprint density at radius 3 is 1.67 bits per heavy atom. The van der Waals surface area contributed by atoms with Crippen molar-refractivity contribution in [3.05, 3.63) is 5.21 Å². The lowest BCUT2D eigenvalue weighted by Crippen LogP contribution is -3.04. The van der Waals surface area contributed by atoms with Gasteiger partial charge in [-0.1, -0.05) is 59.8 Å². The summed E-state index contributed by atoms with van der Waals surface area (Å²) < 4.78 is 31.6. The molecule has 9 nitrogen and oxygen atoms in total. The van der Waals surface area contributed by atoms with Gasteiger partial charge < -0.3 is 10.3 Å². The largest absolute Gasteiger partial charge is 0.566 e. The van der Waals surface area contributed by atoms with Crippen molar-refractivity contribution in [3.8, 4) is 0 Å². The summed E-state index contributed by atoms with van der Waals surface area (Å²) in [5.41, 5.74) is 0. The highest BCUT2D eigenvalue weighted by molar-refractivity contribution is 7.79. The van der Waals surface area contributed by atoms with E-state index in [2.05, 4.69) is 41.5 Å². The number of hydrogen-bond acceptors (Lipinski definition) is 6. The molecule has 7 unspecified atom stereocenters. The van der Waals surface area contributed by atoms with E-state index < -0.39 is 15.8 Å². The molecule has 7 atom stereocenters. The molecule has 0 aliphatic heterocycles. The SMILES string of the molecule is CC1CCC(C(C)C)C(O)C1.CC1CCC(C(C)C)C(O[NH+]([O-])O)C1.O=S(=O)(O)O. The molecule has 2 fully saturated rings. The van der Waals surface area contributed by atoms with E-state index >= 15 is 0 Å². The molecule has 0 saturated heterocycles. The molecule has 182 valence electrons. The fourth-order valence-corrected chi connectivity index (χ4v) is 4.53. The molecule has 0 aromatic carbocycles. The third-order valence-electron chi connectivity index (χ3n) is 6.20. The molecule has 0 bridgehead atoms. The van der Waals surface area contributed by atoms with E-state index in [4.69, 9.17) is 27.6 Å². The van der Waals surface area contributed by atoms with Crippen molar-refractivity contribution in [1.82, 2.24) is 0 Å². The molecule has 2 aliphatic rings. The Hall–Kier alpha value is -0.330. The number of hydrogen-bond donors (Lipinski definition) is 5. The number of rotatable bonds is 4. The van der Waals surface area contributed by atoms with Gasteiger partial charge in [-0.3, -0.25) is 9.11 Å². The van der Waals surface area contributed by atoms with Gasteiger partial charge in [-0.25, -0.2) is 0 Å². The molecule has 0 amide bonds. The highest BCUT2D eigenvalue weighted by Gasteiger charge is 2.33. The summed E-state index contributed by atoms with van der Waals surface area (Å²) in [5.74, 6) is 3.45. The smallest absolute Gasteiger partial charge is 0.394 e. The summed E-state index contributed by atoms with van der Waals surface area (Å²) in [5, 5.41) is 27.7. The van der Waals surface area contributed by atoms with Gasteiger partial charge in [0.1, 0.15) is 6.10 Å². The van der Waals surface area contributed by atoms with Crippen LogP contribution < -0.4 is 5.39 Å². The molecule has 0 radical (unpaired) electrons. The van der Waals surface area contributed by atoms with Gasteiger partial charge in [0.05, 0.1) is 6.10 Å². The third kappa shape index (κ3) is 13.9. The van der Waals surface area contributed by atoms with Gasteiger partial charge >= 0.3 is 10.4 Å². The summed E-state index contributed by atoms with van der Waals surface area (Å²) in [6, 6.07) is 0. The van der Waals surface area contributed by atoms with Crippen molar-refractivity contribution in [2.75, 3.05) is 0 Å². The summed E-state index contributed by atoms with van der Waals surface area (Å²) >= 11 is 0. The van der Waals surface area contributed by atoms with Crippen molar-refractivity contribution in [1.29, 1.82) is 0 Å². The molecule has 30 heavy (non-hydrogen) atoms. The van der Waals surface area contributed by atoms with Gasteiger partial charge in [-0.05, 0) is 61.2 Å². The van der Waals surface area contributed by atoms with Crippen molar-refractivity contribution in [3.63, 3.8) is 0 Å². The topological polar surface area (TPSA) is 152 Å². The normalized spacial score (nSPS) is 33.2. The quantitative estimate of drug-likeness (QED) is 0.319. The van der Waals surface area contributed by atoms with Gasteiger partial charge in [-0.15, -0.1) is 0 Å². The van der Waals surface area contributed by atoms with Crippen LogP contribution in [-0.2, 0) is 15.2 Å². The standard InChI is InChI=1S/C10H21NO3.C10H20O.H2O4S/c1-7(2)9-5-4-8(3)6-10(9)14-11(12)13;1-7(2)9-5-4-8(3)6-10(9)11;1-5(2,3)4/h7-12H,4-6H2,1-3H3;7-11H,4-6H2,1-3H3;(H2,1,2,3,4). The summed E-state index contributed by atoms with van der Waals surface area (Å²) in [6.45, 7) is 13.1. The molecule has 2 aliphatic carbocycles. The molecule has 5 N–H and O–H groups in total. The van der Waals surface area contributed by atoms with Crippen LogP contribution in [0.1, 0.15) is 80.1 Å². The first-order chi connectivity index (χ1) is 13.6. The number of nitrogens with one attached hydrogen (secondary N) is 1. The van der Waals surface area contributed by atoms with E-state index in [1.54, 1.807) is 0 Å². The monoisotopic (exact) mass is 457 g/mol. The number of quaternary nitrogens is 1. The van der Waals surface area contributed by atoms with Crippen molar-refractivity contribution < 1.29 is 38.1 Å². The second kappa shape index (κ2) is 13.9. The first kappa shape index (κ1) is 29.7. The van der Waals surface area contributed by atoms with Crippen LogP contribution in [-0.4, -0.2) is 40.0 Å². The minimum Gasteiger partial charge on any atom is -0.566 e. The second-order valence-corrected chi connectivity index (χ2v) is 10.5. The lowest BCUT2D eigenvalue weighted by molar-refractivity contribution is -1.21. The molecule has 0 heterocycles. The average molecular weight is 458 g/mol. The Balaban J connectivity index is 0.000000468. The second-order valence-electron chi connectivity index (χ2n) is 9.59. The van der Waals surface area contributed by atoms with E-state index in [0.717, 1.165) is 25.2 Å². The Morgan fingerprint density at radius 2 is 1.30 bits per heavy atom. The predicted molar refractivity (Wildman–Crippen MR) is 114 cm³/mol. The van der Waals surface area contributed by atoms with Crippen LogP contribution in [0.4, 0.5) is 0 Å². The fraction of sp³-hybridized carbons (Fsp3) is 1.00. The van der Waals surface area contributed by atoms with Crippen LogP contribution in [0.25, 0.3) is 0 Å². The highest BCUT2D eigenvalue weighted by Crippen LogP contribution is 2.34. The molecule has 2 saturated carbocycles. The van der Waals surface area contributed by atoms with Crippen molar-refractivity contribution in [2.24, 2.45) is 35.5 Å². The fourth-order valence-electron chi connectivity index (χ4n) is 4.53. The Morgan fingerprint density at radius 1 is 0.900 bits per heavy atom. The molecule has 0 spiro atoms. The zero-order valence-corrected chi connectivity index (χ0v) is 20.0. The van der Waals surface area contributed by atoms with Crippen molar-refractivity contribution >= 4 is 10.4 Å². The number of aliphatic hydroxyl groups excluding tert-OH is 1. The molecule has 0 aromatic heterocycles. The van der Waals surface area contributed by atoms with Crippen molar-refractivity contribution in [2.45, 2.75) is 92.3 Å². The highest BCUT2D eigenvalue weighted by atomic mass is 32.3. The van der Waals surface area contributed by atoms with E-state index in [9.17, 15) is 10.3 Å². The number of aliphatic hydroxyl groups is 1. The first-order valence-corrected chi connectivity index (χ1v) is 12.3. The van der Waals surface area contributed by atoms with Gasteiger partial charge in [0.25, 0.3) is 0 Å². The minimum absolute atomic E-state index is 0.0289. The molecular formula is C20H43NO8S. The molecular weight excluding hydrogens is 414 g/mol. The summed E-state index contributed by atoms with van der Waals surface area (Å²) in [6.07, 6.45) is 6.60. The lowest BCUT2D eigenvalue weighted by Gasteiger charge is -2.36. The van der Waals surface area contributed by atoms with Gasteiger partial charge in [0, 0.05) is 0 Å². The zero-order chi connectivity index (χ0) is 23.6. The summed E-state index contributed by atoms with van der Waals surface area (Å²) in [4.78, 5) is 4.95. The predicted octanol–water partition coefficient (Wildman–Crippen LogP) is 2.94. The van der Waals surface area contributed by atoms with E-state index in [1.165, 1.54) is 19.3 Å². The van der Waals surface area contributed by atoms with Gasteiger partial charge in [0.2, 0.25) is 0 Å². The zero-order valence-electron chi connectivity index (χ0n) is 19.2. The Bertz CT molecular complexity index is 545. The average Bonchev–Trinajstić information content (AvgIpc) is 2.52. The molecule has 10 heteroatoms. The maximum atomic E-state index is 10.5. The maximum Gasteiger partial charge on any atom is 0.394 e. The van der Waals surface area contributed by atoms with Gasteiger partial charge in [-0.2, -0.15) is 18.5 Å². The van der Waals surface area contributed by atoms with Crippen LogP contribution in [0.5, 0.6) is 0 Å². The van der Waals surface area contributed by atoms with Crippen LogP contribution in [0.2, 0.25) is 0 Å². The van der Waals surface area contributed by atoms with E-state index in [-0.39, 0.29) is 12.2 Å². The van der Waals surface area contributed by atoms with E-state index in [0.29, 0.717) is 29.6 Å². The van der Waals surface area contributed by atoms with Crippen LogP contribution >= 0.6 is 0 Å². The Kier molecular flexibility index (Phi) is 13.8. The van der Waals surface area contributed by atoms with E-state index in [1.807, 2.05) is 0 Å². The van der Waals surface area contributed by atoms with Gasteiger partial charge in [0.15, 0.2) is 0 Å².